The van der Waals surface area contributed by atoms with Crippen LogP contribution in [0.25, 0.3) is 12.2 Å². The van der Waals surface area contributed by atoms with Crippen molar-refractivity contribution in [1.29, 1.82) is 0 Å². The Morgan fingerprint density at radius 1 is 0.905 bits per heavy atom. The molecule has 0 aliphatic heterocycles. The molecule has 1 aromatic carbocycles. The maximum Gasteiger partial charge on any atom is 0.339 e. The Balaban J connectivity index is 2.33. The predicted molar refractivity (Wildman–Crippen MR) is 80.0 cm³/mol. The molecule has 0 fully saturated rings. The average Bonchev–Trinajstić information content (AvgIpc) is 2.52. The number of ether oxygens (including phenoxy) is 3. The molecule has 110 valence electrons. The summed E-state index contributed by atoms with van der Waals surface area (Å²) in [6.45, 7) is 0. The maximum atomic E-state index is 11.4. The largest absolute Gasteiger partial charge is 0.497 e. The molecule has 0 aliphatic carbocycles. The molecule has 0 radical (unpaired) electrons. The van der Waals surface area contributed by atoms with Crippen LogP contribution < -0.4 is 19.8 Å². The smallest absolute Gasteiger partial charge is 0.339 e. The van der Waals surface area contributed by atoms with Gasteiger partial charge in [0.05, 0.1) is 27.4 Å². The highest BCUT2D eigenvalue weighted by Gasteiger charge is 2.03. The molecule has 2 aromatic rings. The van der Waals surface area contributed by atoms with E-state index < -0.39 is 5.63 Å². The van der Waals surface area contributed by atoms with Crippen molar-refractivity contribution in [3.63, 3.8) is 0 Å². The van der Waals surface area contributed by atoms with Crippen molar-refractivity contribution in [2.24, 2.45) is 0 Å². The molecule has 0 saturated carbocycles. The number of rotatable bonds is 5. The average molecular weight is 288 g/mol. The topological polar surface area (TPSA) is 57.9 Å². The maximum absolute atomic E-state index is 11.4. The molecule has 5 nitrogen and oxygen atoms in total. The predicted octanol–water partition coefficient (Wildman–Crippen LogP) is 2.84. The zero-order valence-corrected chi connectivity index (χ0v) is 12.1. The molecule has 0 unspecified atom stereocenters. The SMILES string of the molecule is COc1ccc(/C=C/c2cc(OC)cc(=O)o2)c(OC)c1. The fraction of sp³-hybridized carbons (Fsp3) is 0.188. The zero-order valence-electron chi connectivity index (χ0n) is 12.1. The van der Waals surface area contributed by atoms with Crippen LogP contribution in [-0.4, -0.2) is 21.3 Å². The molecule has 2 rings (SSSR count). The van der Waals surface area contributed by atoms with E-state index in [9.17, 15) is 4.79 Å². The second kappa shape index (κ2) is 6.65. The molecular weight excluding hydrogens is 272 g/mol. The van der Waals surface area contributed by atoms with Crippen molar-refractivity contribution in [1.82, 2.24) is 0 Å². The molecule has 5 heteroatoms. The van der Waals surface area contributed by atoms with Crippen molar-refractivity contribution >= 4 is 12.2 Å². The quantitative estimate of drug-likeness (QED) is 0.846. The first-order valence-corrected chi connectivity index (χ1v) is 6.25. The van der Waals surface area contributed by atoms with Crippen LogP contribution in [0.15, 0.2) is 39.5 Å². The fourth-order valence-corrected chi connectivity index (χ4v) is 1.80. The van der Waals surface area contributed by atoms with Crippen molar-refractivity contribution in [2.75, 3.05) is 21.3 Å². The van der Waals surface area contributed by atoms with Gasteiger partial charge in [0.2, 0.25) is 0 Å². The molecule has 0 bridgehead atoms. The fourth-order valence-electron chi connectivity index (χ4n) is 1.80. The van der Waals surface area contributed by atoms with E-state index in [2.05, 4.69) is 0 Å². The first kappa shape index (κ1) is 14.7. The number of methoxy groups -OCH3 is 3. The van der Waals surface area contributed by atoms with Gasteiger partial charge in [-0.15, -0.1) is 0 Å². The monoisotopic (exact) mass is 288 g/mol. The Hall–Kier alpha value is -2.69. The minimum absolute atomic E-state index is 0.400. The summed E-state index contributed by atoms with van der Waals surface area (Å²) in [6, 6.07) is 8.37. The van der Waals surface area contributed by atoms with Crippen LogP contribution in [0, 0.1) is 0 Å². The van der Waals surface area contributed by atoms with Gasteiger partial charge in [-0.3, -0.25) is 0 Å². The Labute approximate surface area is 122 Å². The van der Waals surface area contributed by atoms with E-state index in [4.69, 9.17) is 18.6 Å². The van der Waals surface area contributed by atoms with E-state index in [-0.39, 0.29) is 0 Å². The zero-order chi connectivity index (χ0) is 15.2. The second-order valence-electron chi connectivity index (χ2n) is 4.16. The van der Waals surface area contributed by atoms with Crippen LogP contribution in [-0.2, 0) is 0 Å². The highest BCUT2D eigenvalue weighted by atomic mass is 16.5. The van der Waals surface area contributed by atoms with E-state index in [0.29, 0.717) is 23.0 Å². The van der Waals surface area contributed by atoms with Gasteiger partial charge in [0, 0.05) is 17.7 Å². The summed E-state index contributed by atoms with van der Waals surface area (Å²) in [7, 11) is 4.67. The lowest BCUT2D eigenvalue weighted by atomic mass is 10.1. The van der Waals surface area contributed by atoms with Crippen molar-refractivity contribution in [3.8, 4) is 17.2 Å². The summed E-state index contributed by atoms with van der Waals surface area (Å²) >= 11 is 0. The molecule has 0 amide bonds. The molecule has 0 atom stereocenters. The summed E-state index contributed by atoms with van der Waals surface area (Å²) in [6.07, 6.45) is 3.46. The van der Waals surface area contributed by atoms with Gasteiger partial charge >= 0.3 is 5.63 Å². The minimum atomic E-state index is -0.462. The van der Waals surface area contributed by atoms with Gasteiger partial charge in [0.25, 0.3) is 0 Å². The number of benzene rings is 1. The van der Waals surface area contributed by atoms with E-state index in [1.54, 1.807) is 38.5 Å². The lowest BCUT2D eigenvalue weighted by Gasteiger charge is -2.07. The number of hydrogen-bond acceptors (Lipinski definition) is 5. The molecule has 0 N–H and O–H groups in total. The third-order valence-corrected chi connectivity index (χ3v) is 2.87. The number of hydrogen-bond donors (Lipinski definition) is 0. The molecular formula is C16H16O5. The molecule has 0 spiro atoms. The van der Waals surface area contributed by atoms with Gasteiger partial charge < -0.3 is 18.6 Å². The van der Waals surface area contributed by atoms with E-state index in [1.165, 1.54) is 13.2 Å². The van der Waals surface area contributed by atoms with Crippen LogP contribution in [0.4, 0.5) is 0 Å². The van der Waals surface area contributed by atoms with Crippen LogP contribution in [0.2, 0.25) is 0 Å². The van der Waals surface area contributed by atoms with Gasteiger partial charge in [0.15, 0.2) is 0 Å². The normalized spacial score (nSPS) is 10.6. The summed E-state index contributed by atoms with van der Waals surface area (Å²) < 4.78 is 20.5. The van der Waals surface area contributed by atoms with Gasteiger partial charge in [-0.05, 0) is 24.3 Å². The first-order chi connectivity index (χ1) is 10.2. The lowest BCUT2D eigenvalue weighted by molar-refractivity contribution is 0.394. The van der Waals surface area contributed by atoms with Crippen LogP contribution >= 0.6 is 0 Å². The summed E-state index contributed by atoms with van der Waals surface area (Å²) in [5.74, 6) is 2.22. The second-order valence-corrected chi connectivity index (χ2v) is 4.16. The molecule has 0 saturated heterocycles. The standard InChI is InChI=1S/C16H16O5/c1-18-12-6-4-11(15(9-12)20-3)5-7-13-8-14(19-2)10-16(17)21-13/h4-10H,1-3H3/b7-5+. The summed E-state index contributed by atoms with van der Waals surface area (Å²) in [5, 5.41) is 0. The summed E-state index contributed by atoms with van der Waals surface area (Å²) in [4.78, 5) is 11.4. The van der Waals surface area contributed by atoms with E-state index >= 15 is 0 Å². The Morgan fingerprint density at radius 3 is 2.33 bits per heavy atom. The van der Waals surface area contributed by atoms with Crippen LogP contribution in [0.5, 0.6) is 17.2 Å². The highest BCUT2D eigenvalue weighted by Crippen LogP contribution is 2.26. The van der Waals surface area contributed by atoms with Crippen LogP contribution in [0.3, 0.4) is 0 Å². The van der Waals surface area contributed by atoms with Gasteiger partial charge in [-0.25, -0.2) is 4.79 Å². The molecule has 21 heavy (non-hydrogen) atoms. The first-order valence-electron chi connectivity index (χ1n) is 6.25. The molecule has 1 aromatic heterocycles. The van der Waals surface area contributed by atoms with Crippen molar-refractivity contribution in [3.05, 3.63) is 52.1 Å². The Bertz CT molecular complexity index is 700. The van der Waals surface area contributed by atoms with E-state index in [1.807, 2.05) is 12.1 Å². The Morgan fingerprint density at radius 2 is 1.67 bits per heavy atom. The Kier molecular flexibility index (Phi) is 4.66. The third kappa shape index (κ3) is 3.66. The van der Waals surface area contributed by atoms with Crippen LogP contribution in [0.1, 0.15) is 11.3 Å². The minimum Gasteiger partial charge on any atom is -0.497 e. The third-order valence-electron chi connectivity index (χ3n) is 2.87. The van der Waals surface area contributed by atoms with Crippen molar-refractivity contribution in [2.45, 2.75) is 0 Å². The summed E-state index contributed by atoms with van der Waals surface area (Å²) in [5.41, 5.74) is 0.375. The molecule has 0 aliphatic rings. The van der Waals surface area contributed by atoms with E-state index in [0.717, 1.165) is 5.56 Å². The van der Waals surface area contributed by atoms with Crippen molar-refractivity contribution < 1.29 is 18.6 Å². The van der Waals surface area contributed by atoms with Gasteiger partial charge in [-0.1, -0.05) is 0 Å². The van der Waals surface area contributed by atoms with Gasteiger partial charge in [-0.2, -0.15) is 0 Å². The van der Waals surface area contributed by atoms with Gasteiger partial charge in [0.1, 0.15) is 23.0 Å². The lowest BCUT2D eigenvalue weighted by Crippen LogP contribution is -1.98. The highest BCUT2D eigenvalue weighted by molar-refractivity contribution is 5.71. The molecule has 1 heterocycles.